The van der Waals surface area contributed by atoms with E-state index in [2.05, 4.69) is 41.5 Å². The molecule has 0 saturated heterocycles. The number of hydrogen-bond acceptors (Lipinski definition) is 4. The van der Waals surface area contributed by atoms with Crippen molar-refractivity contribution in [3.63, 3.8) is 0 Å². The van der Waals surface area contributed by atoms with E-state index in [1.165, 1.54) is 73.9 Å². The Labute approximate surface area is 266 Å². The van der Waals surface area contributed by atoms with Crippen molar-refractivity contribution in [3.05, 3.63) is 23.3 Å². The first kappa shape index (κ1) is 29.6. The van der Waals surface area contributed by atoms with Crippen LogP contribution in [-0.4, -0.2) is 23.0 Å². The van der Waals surface area contributed by atoms with Gasteiger partial charge in [0.05, 0.1) is 0 Å². The highest BCUT2D eigenvalue weighted by molar-refractivity contribution is 5.96. The number of ketones is 2. The topological polar surface area (TPSA) is 58.9 Å². The number of allylic oxidation sites excluding steroid dienone is 2. The summed E-state index contributed by atoms with van der Waals surface area (Å²) in [7, 11) is 0. The summed E-state index contributed by atoms with van der Waals surface area (Å²) in [4.78, 5) is 24.9. The molecule has 0 spiro atoms. The number of hydrogen-bond donors (Lipinski definition) is 0. The van der Waals surface area contributed by atoms with E-state index in [1.807, 2.05) is 12.2 Å². The molecule has 0 aromatic carbocycles. The average molecular weight is 597 g/mol. The van der Waals surface area contributed by atoms with Crippen LogP contribution in [0.1, 0.15) is 131 Å². The van der Waals surface area contributed by atoms with Crippen LogP contribution in [0.25, 0.3) is 0 Å². The molecule has 8 aliphatic rings. The van der Waals surface area contributed by atoms with E-state index >= 15 is 0 Å². The van der Waals surface area contributed by atoms with Gasteiger partial charge in [-0.2, -0.15) is 10.2 Å². The highest BCUT2D eigenvalue weighted by Gasteiger charge is 2.61. The standard InChI is InChI=1S/C40H56N2O2/c1-23-19-27(43)21-25-7-9-29-31-11-13-35(37(31,3)17-15-33(29)39(23,25)5)41-42-36-14-12-32-30-10-8-26-22-28(44)20-24(2)40(26,6)34(30)16-18-38(32,36)4/h21-24,29-34H,7-20H2,1-6H3/t23-,24+,29+,30-,31-,32-,33-,34-,37+,38+,39+,40+/m1/s1. The summed E-state index contributed by atoms with van der Waals surface area (Å²) in [6.45, 7) is 14.8. The molecule has 0 aromatic rings. The Kier molecular flexibility index (Phi) is 6.61. The third kappa shape index (κ3) is 3.81. The minimum absolute atomic E-state index is 0.183. The Morgan fingerprint density at radius 1 is 0.568 bits per heavy atom. The van der Waals surface area contributed by atoms with Crippen molar-refractivity contribution < 1.29 is 9.59 Å². The average Bonchev–Trinajstić information content (AvgIpc) is 3.49. The van der Waals surface area contributed by atoms with Crippen molar-refractivity contribution in [1.29, 1.82) is 0 Å². The van der Waals surface area contributed by atoms with Crippen molar-refractivity contribution >= 4 is 23.0 Å². The molecule has 0 aromatic heterocycles. The van der Waals surface area contributed by atoms with Gasteiger partial charge in [0, 0.05) is 35.1 Å². The molecule has 12 atom stereocenters. The fourth-order valence-electron chi connectivity index (χ4n) is 13.9. The molecular weight excluding hydrogens is 540 g/mol. The molecule has 238 valence electrons. The number of carbonyl (C=O) groups excluding carboxylic acids is 2. The van der Waals surface area contributed by atoms with Gasteiger partial charge in [-0.1, -0.05) is 52.7 Å². The largest absolute Gasteiger partial charge is 0.295 e. The van der Waals surface area contributed by atoms with E-state index in [-0.39, 0.29) is 21.7 Å². The molecule has 0 unspecified atom stereocenters. The zero-order valence-corrected chi connectivity index (χ0v) is 28.4. The Balaban J connectivity index is 1.03. The molecule has 0 N–H and O–H groups in total. The molecule has 6 fully saturated rings. The van der Waals surface area contributed by atoms with Gasteiger partial charge in [-0.15, -0.1) is 0 Å². The third-order valence-electron chi connectivity index (χ3n) is 16.8. The van der Waals surface area contributed by atoms with E-state index < -0.39 is 0 Å². The molecule has 0 bridgehead atoms. The maximum atomic E-state index is 12.4. The van der Waals surface area contributed by atoms with E-state index in [1.54, 1.807) is 0 Å². The second kappa shape index (κ2) is 9.83. The Morgan fingerprint density at radius 2 is 0.977 bits per heavy atom. The molecule has 0 aliphatic heterocycles. The Bertz CT molecular complexity index is 1310. The molecule has 44 heavy (non-hydrogen) atoms. The number of carbonyl (C=O) groups is 2. The summed E-state index contributed by atoms with van der Waals surface area (Å²) >= 11 is 0. The molecule has 0 amide bonds. The Hall–Kier alpha value is -1.84. The molecule has 4 heteroatoms. The number of rotatable bonds is 1. The minimum Gasteiger partial charge on any atom is -0.295 e. The van der Waals surface area contributed by atoms with E-state index in [9.17, 15) is 9.59 Å². The molecule has 0 heterocycles. The van der Waals surface area contributed by atoms with Crippen LogP contribution in [-0.2, 0) is 9.59 Å². The second-order valence-electron chi connectivity index (χ2n) is 18.0. The van der Waals surface area contributed by atoms with Crippen molar-refractivity contribution in [1.82, 2.24) is 0 Å². The summed E-state index contributed by atoms with van der Waals surface area (Å²) in [5, 5.41) is 10.5. The SMILES string of the molecule is C[C@@H]1CC(=O)C=C2CC[C@@H]3[C@@H](CC[C@]4(C)C(=NN=C5CC[C@@H]6[C@H]7CCC8=CC(=O)C[C@H](C)[C@]8(C)[C@@H]7CC[C@]56C)CC[C@H]34)[C@]21C. The van der Waals surface area contributed by atoms with Crippen LogP contribution in [0.2, 0.25) is 0 Å². The lowest BCUT2D eigenvalue weighted by atomic mass is 9.45. The zero-order valence-electron chi connectivity index (χ0n) is 28.4. The van der Waals surface area contributed by atoms with Crippen LogP contribution in [0.5, 0.6) is 0 Å². The van der Waals surface area contributed by atoms with Crippen LogP contribution in [0, 0.1) is 69.0 Å². The van der Waals surface area contributed by atoms with Crippen molar-refractivity contribution in [2.24, 2.45) is 79.2 Å². The van der Waals surface area contributed by atoms with Crippen LogP contribution >= 0.6 is 0 Å². The first-order chi connectivity index (χ1) is 20.9. The van der Waals surface area contributed by atoms with Crippen LogP contribution in [0.4, 0.5) is 0 Å². The lowest BCUT2D eigenvalue weighted by Crippen LogP contribution is -2.53. The maximum Gasteiger partial charge on any atom is 0.155 e. The van der Waals surface area contributed by atoms with Crippen molar-refractivity contribution in [3.8, 4) is 0 Å². The molecular formula is C40H56N2O2. The van der Waals surface area contributed by atoms with Gasteiger partial charge in [-0.05, 0) is 147 Å². The van der Waals surface area contributed by atoms with Crippen LogP contribution in [0.15, 0.2) is 33.5 Å². The highest BCUT2D eigenvalue weighted by Crippen LogP contribution is 2.67. The van der Waals surface area contributed by atoms with Gasteiger partial charge in [-0.25, -0.2) is 0 Å². The fraction of sp³-hybridized carbons (Fsp3) is 0.800. The van der Waals surface area contributed by atoms with Crippen molar-refractivity contribution in [2.45, 2.75) is 131 Å². The first-order valence-electron chi connectivity index (χ1n) is 18.5. The summed E-state index contributed by atoms with van der Waals surface area (Å²) in [6.07, 6.45) is 20.0. The molecule has 4 nitrogen and oxygen atoms in total. The van der Waals surface area contributed by atoms with Gasteiger partial charge in [-0.3, -0.25) is 9.59 Å². The maximum absolute atomic E-state index is 12.4. The summed E-state index contributed by atoms with van der Waals surface area (Å²) in [5.41, 5.74) is 6.49. The smallest absolute Gasteiger partial charge is 0.155 e. The first-order valence-corrected chi connectivity index (χ1v) is 18.5. The van der Waals surface area contributed by atoms with Gasteiger partial charge in [0.2, 0.25) is 0 Å². The summed E-state index contributed by atoms with van der Waals surface area (Å²) < 4.78 is 0. The summed E-state index contributed by atoms with van der Waals surface area (Å²) in [5.74, 6) is 5.95. The van der Waals surface area contributed by atoms with Gasteiger partial charge < -0.3 is 0 Å². The predicted molar refractivity (Wildman–Crippen MR) is 177 cm³/mol. The van der Waals surface area contributed by atoms with Crippen LogP contribution in [0.3, 0.4) is 0 Å². The number of nitrogens with zero attached hydrogens (tertiary/aromatic N) is 2. The van der Waals surface area contributed by atoms with Gasteiger partial charge >= 0.3 is 0 Å². The lowest BCUT2D eigenvalue weighted by molar-refractivity contribution is -0.120. The molecule has 8 aliphatic carbocycles. The third-order valence-corrected chi connectivity index (χ3v) is 16.8. The predicted octanol–water partition coefficient (Wildman–Crippen LogP) is 9.34. The van der Waals surface area contributed by atoms with E-state index in [4.69, 9.17) is 10.2 Å². The normalized spacial score (nSPS) is 53.2. The minimum atomic E-state index is 0.183. The highest BCUT2D eigenvalue weighted by atomic mass is 16.1. The molecule has 6 saturated carbocycles. The lowest BCUT2D eigenvalue weighted by Gasteiger charge is -2.59. The van der Waals surface area contributed by atoms with E-state index in [0.29, 0.717) is 47.1 Å². The zero-order chi connectivity index (χ0) is 30.8. The van der Waals surface area contributed by atoms with E-state index in [0.717, 1.165) is 50.4 Å². The van der Waals surface area contributed by atoms with Crippen molar-refractivity contribution in [2.75, 3.05) is 0 Å². The molecule has 0 radical (unpaired) electrons. The molecule has 8 rings (SSSR count). The number of fused-ring (bicyclic) bond motifs is 10. The second-order valence-corrected chi connectivity index (χ2v) is 18.0. The summed E-state index contributed by atoms with van der Waals surface area (Å²) in [6, 6.07) is 0. The monoisotopic (exact) mass is 596 g/mol. The quantitative estimate of drug-likeness (QED) is 0.283. The van der Waals surface area contributed by atoms with Crippen LogP contribution < -0.4 is 0 Å². The van der Waals surface area contributed by atoms with Gasteiger partial charge in [0.15, 0.2) is 11.6 Å². The fourth-order valence-corrected chi connectivity index (χ4v) is 13.9. The van der Waals surface area contributed by atoms with Gasteiger partial charge in [0.25, 0.3) is 0 Å². The van der Waals surface area contributed by atoms with Gasteiger partial charge in [0.1, 0.15) is 0 Å². The Morgan fingerprint density at radius 3 is 1.39 bits per heavy atom.